The molecule has 2 N–H and O–H groups in total. The maximum atomic E-state index is 11.3. The van der Waals surface area contributed by atoms with Crippen molar-refractivity contribution in [2.75, 3.05) is 11.5 Å². The maximum absolute atomic E-state index is 11.3. The molecule has 0 spiro atoms. The molecular weight excluding hydrogens is 322 g/mol. The van der Waals surface area contributed by atoms with Crippen molar-refractivity contribution in [3.8, 4) is 0 Å². The highest BCUT2D eigenvalue weighted by Gasteiger charge is 2.29. The van der Waals surface area contributed by atoms with Gasteiger partial charge in [-0.2, -0.15) is 0 Å². The summed E-state index contributed by atoms with van der Waals surface area (Å²) in [5.41, 5.74) is 6.09. The van der Waals surface area contributed by atoms with E-state index >= 15 is 0 Å². The van der Waals surface area contributed by atoms with Gasteiger partial charge in [-0.1, -0.05) is 0 Å². The van der Waals surface area contributed by atoms with Crippen LogP contribution in [0, 0.1) is 5.92 Å². The Hall–Kier alpha value is 0.0900. The summed E-state index contributed by atoms with van der Waals surface area (Å²) in [6, 6.07) is 2.08. The zero-order valence-corrected chi connectivity index (χ0v) is 12.7. The van der Waals surface area contributed by atoms with Gasteiger partial charge in [0.2, 0.25) is 0 Å². The number of hydrogen-bond acceptors (Lipinski definition) is 4. The molecule has 1 aromatic heterocycles. The average molecular weight is 338 g/mol. The van der Waals surface area contributed by atoms with Gasteiger partial charge in [-0.25, -0.2) is 8.42 Å². The van der Waals surface area contributed by atoms with E-state index in [4.69, 9.17) is 5.73 Å². The summed E-state index contributed by atoms with van der Waals surface area (Å²) in [6.07, 6.45) is 2.42. The Balaban J connectivity index is 1.86. The zero-order chi connectivity index (χ0) is 12.5. The van der Waals surface area contributed by atoms with Crippen molar-refractivity contribution >= 4 is 37.1 Å². The Morgan fingerprint density at radius 3 is 2.88 bits per heavy atom. The van der Waals surface area contributed by atoms with E-state index in [0.717, 1.165) is 23.7 Å². The van der Waals surface area contributed by atoms with Crippen molar-refractivity contribution in [3.05, 3.63) is 20.8 Å². The molecule has 1 aliphatic rings. The van der Waals surface area contributed by atoms with Crippen LogP contribution in [-0.2, 0) is 16.3 Å². The van der Waals surface area contributed by atoms with Crippen LogP contribution in [0.1, 0.15) is 17.7 Å². The zero-order valence-electron chi connectivity index (χ0n) is 9.43. The van der Waals surface area contributed by atoms with E-state index in [9.17, 15) is 8.42 Å². The lowest BCUT2D eigenvalue weighted by Gasteiger charge is -2.14. The highest BCUT2D eigenvalue weighted by molar-refractivity contribution is 9.10. The molecule has 17 heavy (non-hydrogen) atoms. The van der Waals surface area contributed by atoms with Gasteiger partial charge in [0.15, 0.2) is 9.84 Å². The lowest BCUT2D eigenvalue weighted by Crippen LogP contribution is -2.26. The van der Waals surface area contributed by atoms with Crippen LogP contribution >= 0.6 is 27.3 Å². The van der Waals surface area contributed by atoms with E-state index in [1.165, 1.54) is 4.88 Å². The number of sulfone groups is 1. The maximum Gasteiger partial charge on any atom is 0.150 e. The predicted molar refractivity (Wildman–Crippen MR) is 75.1 cm³/mol. The second kappa shape index (κ2) is 5.38. The number of rotatable bonds is 4. The molecule has 6 heteroatoms. The van der Waals surface area contributed by atoms with E-state index in [1.807, 2.05) is 11.4 Å². The Labute approximate surface area is 114 Å². The minimum absolute atomic E-state index is 0.0586. The summed E-state index contributed by atoms with van der Waals surface area (Å²) in [6.45, 7) is 0. The van der Waals surface area contributed by atoms with E-state index in [1.54, 1.807) is 11.3 Å². The fourth-order valence-electron chi connectivity index (χ4n) is 2.28. The first-order chi connectivity index (χ1) is 7.96. The Morgan fingerprint density at radius 2 is 2.35 bits per heavy atom. The van der Waals surface area contributed by atoms with Gasteiger partial charge >= 0.3 is 0 Å². The molecule has 2 heterocycles. The van der Waals surface area contributed by atoms with Crippen LogP contribution in [-0.4, -0.2) is 26.0 Å². The molecule has 2 unspecified atom stereocenters. The van der Waals surface area contributed by atoms with Gasteiger partial charge in [0, 0.05) is 15.4 Å². The number of thiophene rings is 1. The topological polar surface area (TPSA) is 60.2 Å². The first kappa shape index (κ1) is 13.5. The fourth-order valence-corrected chi connectivity index (χ4v) is 5.77. The summed E-state index contributed by atoms with van der Waals surface area (Å²) in [7, 11) is -2.77. The minimum atomic E-state index is -2.77. The molecule has 2 rings (SSSR count). The second-order valence-electron chi connectivity index (χ2n) is 4.66. The molecule has 1 saturated heterocycles. The van der Waals surface area contributed by atoms with Crippen molar-refractivity contribution in [1.29, 1.82) is 0 Å². The Kier molecular flexibility index (Phi) is 4.28. The monoisotopic (exact) mass is 337 g/mol. The Bertz CT molecular complexity index is 483. The molecule has 1 aromatic rings. The largest absolute Gasteiger partial charge is 0.327 e. The van der Waals surface area contributed by atoms with Gasteiger partial charge in [0.1, 0.15) is 0 Å². The highest BCUT2D eigenvalue weighted by atomic mass is 79.9. The summed E-state index contributed by atoms with van der Waals surface area (Å²) in [5.74, 6) is 0.924. The molecule has 2 atom stereocenters. The molecule has 0 aliphatic carbocycles. The minimum Gasteiger partial charge on any atom is -0.327 e. The lowest BCUT2D eigenvalue weighted by molar-refractivity contribution is 0.470. The summed E-state index contributed by atoms with van der Waals surface area (Å²) in [5, 5.41) is 2.03. The molecule has 0 aromatic carbocycles. The van der Waals surface area contributed by atoms with Crippen molar-refractivity contribution in [3.63, 3.8) is 0 Å². The van der Waals surface area contributed by atoms with Gasteiger partial charge < -0.3 is 5.73 Å². The Morgan fingerprint density at radius 1 is 1.59 bits per heavy atom. The average Bonchev–Trinajstić information content (AvgIpc) is 2.74. The first-order valence-corrected chi connectivity index (χ1v) is 9.13. The van der Waals surface area contributed by atoms with E-state index in [-0.39, 0.29) is 12.0 Å². The van der Waals surface area contributed by atoms with Crippen LogP contribution in [0.25, 0.3) is 0 Å². The van der Waals surface area contributed by atoms with Crippen LogP contribution in [0.15, 0.2) is 15.9 Å². The van der Waals surface area contributed by atoms with Crippen LogP contribution in [0.5, 0.6) is 0 Å². The molecule has 1 aliphatic heterocycles. The van der Waals surface area contributed by atoms with Crippen LogP contribution in [0.4, 0.5) is 0 Å². The van der Waals surface area contributed by atoms with Gasteiger partial charge in [-0.05, 0) is 52.6 Å². The van der Waals surface area contributed by atoms with Crippen LogP contribution < -0.4 is 5.73 Å². The number of hydrogen-bond donors (Lipinski definition) is 1. The van der Waals surface area contributed by atoms with Crippen molar-refractivity contribution in [2.24, 2.45) is 11.7 Å². The van der Waals surface area contributed by atoms with E-state index < -0.39 is 9.84 Å². The quantitative estimate of drug-likeness (QED) is 0.916. The van der Waals surface area contributed by atoms with E-state index in [2.05, 4.69) is 15.9 Å². The number of halogens is 1. The smallest absolute Gasteiger partial charge is 0.150 e. The molecule has 96 valence electrons. The van der Waals surface area contributed by atoms with Gasteiger partial charge in [0.25, 0.3) is 0 Å². The van der Waals surface area contributed by atoms with Crippen molar-refractivity contribution in [1.82, 2.24) is 0 Å². The third kappa shape index (κ3) is 3.77. The molecular formula is C11H16BrNO2S2. The normalized spacial score (nSPS) is 24.9. The van der Waals surface area contributed by atoms with Gasteiger partial charge in [-0.15, -0.1) is 11.3 Å². The molecule has 0 saturated carbocycles. The van der Waals surface area contributed by atoms with Gasteiger partial charge in [0.05, 0.1) is 11.5 Å². The second-order valence-corrected chi connectivity index (χ2v) is 8.74. The van der Waals surface area contributed by atoms with Crippen LogP contribution in [0.2, 0.25) is 0 Å². The highest BCUT2D eigenvalue weighted by Crippen LogP contribution is 2.27. The predicted octanol–water partition coefficient (Wildman–Crippen LogP) is 2.21. The van der Waals surface area contributed by atoms with E-state index in [0.29, 0.717) is 11.5 Å². The van der Waals surface area contributed by atoms with Crippen molar-refractivity contribution < 1.29 is 8.42 Å². The fraction of sp³-hybridized carbons (Fsp3) is 0.636. The molecule has 0 radical (unpaired) electrons. The molecule has 1 fully saturated rings. The third-order valence-electron chi connectivity index (χ3n) is 3.10. The molecule has 0 amide bonds. The summed E-state index contributed by atoms with van der Waals surface area (Å²) >= 11 is 5.17. The third-order valence-corrected chi connectivity index (χ3v) is 6.89. The van der Waals surface area contributed by atoms with Gasteiger partial charge in [-0.3, -0.25) is 0 Å². The standard InChI is InChI=1S/C11H16BrNO2S2/c12-10-1-3-16-11(10)6-9(13)5-8-2-4-17(14,15)7-8/h1,3,8-9H,2,4-7,13H2. The SMILES string of the molecule is NC(Cc1sccc1Br)CC1CCS(=O)(=O)C1. The molecule has 3 nitrogen and oxygen atoms in total. The first-order valence-electron chi connectivity index (χ1n) is 5.64. The summed E-state index contributed by atoms with van der Waals surface area (Å²) < 4.78 is 23.8. The van der Waals surface area contributed by atoms with Crippen LogP contribution in [0.3, 0.4) is 0 Å². The van der Waals surface area contributed by atoms with Crippen molar-refractivity contribution in [2.45, 2.75) is 25.3 Å². The summed E-state index contributed by atoms with van der Waals surface area (Å²) in [4.78, 5) is 1.25. The molecule has 0 bridgehead atoms. The lowest BCUT2D eigenvalue weighted by atomic mass is 9.97. The number of nitrogens with two attached hydrogens (primary N) is 1.